The number of likely N-dealkylation sites (N-methyl/N-ethyl adjacent to an activating group) is 1. The van der Waals surface area contributed by atoms with E-state index >= 15 is 0 Å². The molecule has 1 amide bonds. The predicted molar refractivity (Wildman–Crippen MR) is 127 cm³/mol. The van der Waals surface area contributed by atoms with Gasteiger partial charge < -0.3 is 10.2 Å². The Morgan fingerprint density at radius 3 is 2.66 bits per heavy atom. The summed E-state index contributed by atoms with van der Waals surface area (Å²) in [7, 11) is 0. The van der Waals surface area contributed by atoms with Crippen molar-refractivity contribution in [2.24, 2.45) is 5.92 Å². The Morgan fingerprint density at radius 2 is 1.97 bits per heavy atom. The monoisotopic (exact) mass is 441 g/mol. The van der Waals surface area contributed by atoms with E-state index in [-0.39, 0.29) is 11.9 Å². The highest BCUT2D eigenvalue weighted by molar-refractivity contribution is 5.94. The van der Waals surface area contributed by atoms with Gasteiger partial charge >= 0.3 is 0 Å². The molecule has 0 radical (unpaired) electrons. The maximum absolute atomic E-state index is 12.8. The number of piperazine rings is 1. The molecule has 1 saturated heterocycles. The van der Waals surface area contributed by atoms with Crippen LogP contribution in [0.1, 0.15) is 62.8 Å². The summed E-state index contributed by atoms with van der Waals surface area (Å²) in [5.74, 6) is 1.77. The minimum absolute atomic E-state index is 0.0431. The van der Waals surface area contributed by atoms with Crippen molar-refractivity contribution in [1.29, 1.82) is 0 Å². The highest BCUT2D eigenvalue weighted by atomic mass is 16.1. The Bertz CT molecular complexity index is 903. The summed E-state index contributed by atoms with van der Waals surface area (Å²) in [4.78, 5) is 20.2. The second-order valence-electron chi connectivity index (χ2n) is 9.54. The highest BCUT2D eigenvalue weighted by Crippen LogP contribution is 2.33. The number of hydrogen-bond acceptors (Lipinski definition) is 6. The fourth-order valence-corrected chi connectivity index (χ4v) is 4.77. The van der Waals surface area contributed by atoms with E-state index < -0.39 is 0 Å². The van der Waals surface area contributed by atoms with Crippen molar-refractivity contribution in [2.75, 3.05) is 52.4 Å². The van der Waals surface area contributed by atoms with Gasteiger partial charge in [0.25, 0.3) is 5.91 Å². The van der Waals surface area contributed by atoms with Gasteiger partial charge in [0.15, 0.2) is 11.5 Å². The average Bonchev–Trinajstić information content (AvgIpc) is 3.51. The van der Waals surface area contributed by atoms with Gasteiger partial charge in [-0.15, -0.1) is 10.2 Å². The van der Waals surface area contributed by atoms with E-state index in [9.17, 15) is 4.79 Å². The lowest BCUT2D eigenvalue weighted by molar-refractivity contribution is 0.0437. The zero-order chi connectivity index (χ0) is 22.7. The molecule has 32 heavy (non-hydrogen) atoms. The smallest absolute Gasteiger partial charge is 0.252 e. The van der Waals surface area contributed by atoms with Crippen molar-refractivity contribution in [2.45, 2.75) is 52.6 Å². The summed E-state index contributed by atoms with van der Waals surface area (Å²) in [6.45, 7) is 16.6. The van der Waals surface area contributed by atoms with Crippen LogP contribution in [0.25, 0.3) is 5.65 Å². The molecule has 2 fully saturated rings. The van der Waals surface area contributed by atoms with Crippen molar-refractivity contribution in [3.63, 3.8) is 0 Å². The first-order chi connectivity index (χ1) is 15.5. The van der Waals surface area contributed by atoms with Crippen LogP contribution in [0.4, 0.5) is 0 Å². The lowest BCUT2D eigenvalue weighted by atomic mass is 10.1. The molecule has 1 N–H and O–H groups in total. The maximum Gasteiger partial charge on any atom is 0.252 e. The average molecular weight is 442 g/mol. The summed E-state index contributed by atoms with van der Waals surface area (Å²) in [5, 5.41) is 12.1. The molecule has 176 valence electrons. The number of nitrogens with zero attached hydrogens (tertiary/aromatic N) is 6. The van der Waals surface area contributed by atoms with E-state index in [2.05, 4.69) is 57.9 Å². The molecule has 3 heterocycles. The molecule has 0 bridgehead atoms. The first-order valence-corrected chi connectivity index (χ1v) is 12.3. The van der Waals surface area contributed by atoms with Gasteiger partial charge in [-0.2, -0.15) is 0 Å². The number of carbonyl (C=O) groups excluding carboxylic acids is 1. The van der Waals surface area contributed by atoms with Crippen molar-refractivity contribution in [1.82, 2.24) is 34.6 Å². The Labute approximate surface area is 192 Å². The number of carbonyl (C=O) groups is 1. The molecule has 1 unspecified atom stereocenters. The number of hydrogen-bond donors (Lipinski definition) is 1. The summed E-state index contributed by atoms with van der Waals surface area (Å²) < 4.78 is 2.03. The van der Waals surface area contributed by atoms with Gasteiger partial charge in [-0.1, -0.05) is 13.8 Å². The zero-order valence-electron chi connectivity index (χ0n) is 20.1. The summed E-state index contributed by atoms with van der Waals surface area (Å²) >= 11 is 0. The molecule has 8 nitrogen and oxygen atoms in total. The number of amides is 1. The third-order valence-corrected chi connectivity index (χ3v) is 6.98. The van der Waals surface area contributed by atoms with E-state index in [4.69, 9.17) is 0 Å². The van der Waals surface area contributed by atoms with Gasteiger partial charge in [-0.3, -0.25) is 19.0 Å². The maximum atomic E-state index is 12.8. The summed E-state index contributed by atoms with van der Waals surface area (Å²) in [6.07, 6.45) is 4.65. The Kier molecular flexibility index (Phi) is 7.43. The summed E-state index contributed by atoms with van der Waals surface area (Å²) in [5.41, 5.74) is 1.45. The fourth-order valence-electron chi connectivity index (χ4n) is 4.77. The number of fused-ring (bicyclic) bond motifs is 1. The lowest BCUT2D eigenvalue weighted by Gasteiger charge is -2.42. The zero-order valence-corrected chi connectivity index (χ0v) is 20.1. The van der Waals surface area contributed by atoms with Crippen LogP contribution < -0.4 is 5.32 Å². The van der Waals surface area contributed by atoms with E-state index in [1.165, 1.54) is 19.4 Å². The first-order valence-electron chi connectivity index (χ1n) is 12.3. The van der Waals surface area contributed by atoms with Crippen LogP contribution in [0.15, 0.2) is 18.3 Å². The van der Waals surface area contributed by atoms with Crippen LogP contribution in [0.3, 0.4) is 0 Å². The molecule has 8 heteroatoms. The molecule has 2 aromatic rings. The van der Waals surface area contributed by atoms with E-state index in [0.29, 0.717) is 18.2 Å². The van der Waals surface area contributed by atoms with Crippen LogP contribution in [-0.2, 0) is 0 Å². The first kappa shape index (κ1) is 23.1. The van der Waals surface area contributed by atoms with Crippen LogP contribution in [0.2, 0.25) is 0 Å². The van der Waals surface area contributed by atoms with Crippen molar-refractivity contribution in [3.05, 3.63) is 29.7 Å². The van der Waals surface area contributed by atoms with E-state index in [0.717, 1.165) is 56.7 Å². The minimum atomic E-state index is -0.0431. The third-order valence-electron chi connectivity index (χ3n) is 6.98. The van der Waals surface area contributed by atoms with Crippen LogP contribution in [-0.4, -0.2) is 93.6 Å². The largest absolute Gasteiger partial charge is 0.351 e. The minimum Gasteiger partial charge on any atom is -0.351 e. The lowest BCUT2D eigenvalue weighted by Crippen LogP contribution is -2.51. The van der Waals surface area contributed by atoms with Gasteiger partial charge in [0.2, 0.25) is 0 Å². The number of aromatic nitrogens is 3. The number of nitrogens with one attached hydrogen (secondary N) is 1. The molecule has 0 spiro atoms. The molecule has 2 aliphatic rings. The van der Waals surface area contributed by atoms with E-state index in [1.54, 1.807) is 0 Å². The standard InChI is InChI=1S/C24H39N7O/c1-5-28(6-2)12-11-25-24(32)20-9-10-22-26-27-23(31(22)16-20)21-17-29(15-19-7-8-19)13-14-30(21)18(3)4/h9-10,16,18-19,21H,5-8,11-15,17H2,1-4H3,(H,25,32). The number of pyridine rings is 1. The SMILES string of the molecule is CCN(CC)CCNC(=O)c1ccc2nnc(C3CN(CC4CC4)CCN3C(C)C)n2c1. The number of rotatable bonds is 10. The van der Waals surface area contributed by atoms with Gasteiger partial charge in [0.05, 0.1) is 11.6 Å². The molecule has 1 aliphatic carbocycles. The third kappa shape index (κ3) is 5.30. The van der Waals surface area contributed by atoms with Crippen molar-refractivity contribution >= 4 is 11.6 Å². The van der Waals surface area contributed by atoms with Crippen LogP contribution >= 0.6 is 0 Å². The van der Waals surface area contributed by atoms with Crippen LogP contribution in [0, 0.1) is 5.92 Å². The van der Waals surface area contributed by atoms with Crippen LogP contribution in [0.5, 0.6) is 0 Å². The second-order valence-corrected chi connectivity index (χ2v) is 9.54. The fraction of sp³-hybridized carbons (Fsp3) is 0.708. The highest BCUT2D eigenvalue weighted by Gasteiger charge is 2.35. The quantitative estimate of drug-likeness (QED) is 0.610. The van der Waals surface area contributed by atoms with Crippen molar-refractivity contribution in [3.8, 4) is 0 Å². The predicted octanol–water partition coefficient (Wildman–Crippen LogP) is 2.28. The second kappa shape index (κ2) is 10.3. The molecule has 2 aromatic heterocycles. The molecule has 1 atom stereocenters. The molecular formula is C24H39N7O. The normalized spacial score (nSPS) is 20.5. The van der Waals surface area contributed by atoms with Gasteiger partial charge in [-0.05, 0) is 57.8 Å². The molecule has 1 saturated carbocycles. The van der Waals surface area contributed by atoms with Crippen molar-refractivity contribution < 1.29 is 4.79 Å². The summed E-state index contributed by atoms with van der Waals surface area (Å²) in [6, 6.07) is 4.36. The molecule has 1 aliphatic heterocycles. The molecular weight excluding hydrogens is 402 g/mol. The van der Waals surface area contributed by atoms with Gasteiger partial charge in [-0.25, -0.2) is 0 Å². The van der Waals surface area contributed by atoms with E-state index in [1.807, 2.05) is 22.7 Å². The topological polar surface area (TPSA) is 69.0 Å². The van der Waals surface area contributed by atoms with Gasteiger partial charge in [0, 0.05) is 51.5 Å². The molecule has 4 rings (SSSR count). The molecule has 0 aromatic carbocycles. The van der Waals surface area contributed by atoms with Gasteiger partial charge in [0.1, 0.15) is 0 Å². The Balaban J connectivity index is 1.52. The Hall–Kier alpha value is -2.03. The Morgan fingerprint density at radius 1 is 1.19 bits per heavy atom.